The van der Waals surface area contributed by atoms with E-state index in [4.69, 9.17) is 10.5 Å². The lowest BCUT2D eigenvalue weighted by Crippen LogP contribution is -2.69. The number of ether oxygens (including phenoxy) is 1. The van der Waals surface area contributed by atoms with Crippen molar-refractivity contribution in [3.05, 3.63) is 23.8 Å². The molecular formula is C24H31BrFNO6. The second kappa shape index (κ2) is 7.80. The van der Waals surface area contributed by atoms with E-state index in [1.807, 2.05) is 0 Å². The van der Waals surface area contributed by atoms with Gasteiger partial charge in [0.25, 0.3) is 0 Å². The third kappa shape index (κ3) is 3.11. The van der Waals surface area contributed by atoms with Crippen LogP contribution in [-0.4, -0.2) is 56.7 Å². The predicted octanol–water partition coefficient (Wildman–Crippen LogP) is 2.13. The first-order valence-corrected chi connectivity index (χ1v) is 12.3. The number of nitrogens with two attached hydrogens (primary N) is 1. The van der Waals surface area contributed by atoms with E-state index < -0.39 is 63.4 Å². The number of aliphatic hydroxyl groups is 2. The summed E-state index contributed by atoms with van der Waals surface area (Å²) in [6, 6.07) is 0. The number of aliphatic hydroxyl groups excluding tert-OH is 1. The molecule has 3 fully saturated rings. The molecule has 7 nitrogen and oxygen atoms in total. The van der Waals surface area contributed by atoms with Gasteiger partial charge in [-0.15, -0.1) is 0 Å². The van der Waals surface area contributed by atoms with Crippen LogP contribution in [0.5, 0.6) is 0 Å². The van der Waals surface area contributed by atoms with Gasteiger partial charge < -0.3 is 20.7 Å². The molecule has 0 aromatic heterocycles. The van der Waals surface area contributed by atoms with E-state index in [0.29, 0.717) is 24.8 Å². The van der Waals surface area contributed by atoms with Crippen molar-refractivity contribution in [2.75, 3.05) is 6.61 Å². The molecule has 0 radical (unpaired) electrons. The summed E-state index contributed by atoms with van der Waals surface area (Å²) in [7, 11) is 0. The van der Waals surface area contributed by atoms with Gasteiger partial charge in [0.15, 0.2) is 23.0 Å². The minimum Gasteiger partial charge on any atom is -0.456 e. The number of halogens is 2. The molecular weight excluding hydrogens is 497 g/mol. The first kappa shape index (κ1) is 24.7. The zero-order valence-electron chi connectivity index (χ0n) is 19.0. The summed E-state index contributed by atoms with van der Waals surface area (Å²) in [4.78, 5) is 35.8. The summed E-state index contributed by atoms with van der Waals surface area (Å²) in [6.07, 6.45) is 4.11. The second-order valence-electron chi connectivity index (χ2n) is 10.6. The molecule has 9 heteroatoms. The van der Waals surface area contributed by atoms with E-state index in [9.17, 15) is 24.6 Å². The van der Waals surface area contributed by atoms with Crippen LogP contribution in [0.25, 0.3) is 0 Å². The largest absolute Gasteiger partial charge is 0.456 e. The number of carbonyl (C=O) groups is 3. The molecule has 9 atom stereocenters. The van der Waals surface area contributed by atoms with E-state index in [1.165, 1.54) is 12.2 Å². The quantitative estimate of drug-likeness (QED) is 0.290. The molecule has 3 saturated carbocycles. The number of esters is 1. The average Bonchev–Trinajstić information content (AvgIpc) is 2.94. The number of hydrogen-bond donors (Lipinski definition) is 3. The Bertz CT molecular complexity index is 967. The fraction of sp³-hybridized carbons (Fsp3) is 0.708. The Morgan fingerprint density at radius 2 is 2.03 bits per heavy atom. The van der Waals surface area contributed by atoms with Gasteiger partial charge in [-0.05, 0) is 56.6 Å². The van der Waals surface area contributed by atoms with Crippen molar-refractivity contribution in [1.82, 2.24) is 0 Å². The Balaban J connectivity index is 1.70. The van der Waals surface area contributed by atoms with E-state index >= 15 is 4.39 Å². The van der Waals surface area contributed by atoms with Gasteiger partial charge in [-0.25, -0.2) is 9.18 Å². The van der Waals surface area contributed by atoms with Gasteiger partial charge in [0.1, 0.15) is 5.60 Å². The number of Topliss-reactive ketones (excluding diaryl/α,β-unsaturated/α-hetero) is 1. The topological polar surface area (TPSA) is 127 Å². The van der Waals surface area contributed by atoms with Crippen molar-refractivity contribution in [3.8, 4) is 0 Å². The van der Waals surface area contributed by atoms with Crippen molar-refractivity contribution in [2.24, 2.45) is 34.3 Å². The molecule has 0 bridgehead atoms. The Hall–Kier alpha value is -1.42. The van der Waals surface area contributed by atoms with Crippen molar-refractivity contribution in [2.45, 2.75) is 68.8 Å². The third-order valence-corrected chi connectivity index (χ3v) is 9.59. The molecule has 0 spiro atoms. The van der Waals surface area contributed by atoms with Gasteiger partial charge in [0.2, 0.25) is 5.78 Å². The number of rotatable bonds is 4. The second-order valence-corrected chi connectivity index (χ2v) is 11.6. The molecule has 0 aromatic carbocycles. The summed E-state index contributed by atoms with van der Waals surface area (Å²) < 4.78 is 22.0. The number of carbonyl (C=O) groups excluding carboxylic acids is 3. The number of alkyl halides is 2. The Labute approximate surface area is 200 Å². The van der Waals surface area contributed by atoms with Crippen molar-refractivity contribution in [1.29, 1.82) is 0 Å². The highest BCUT2D eigenvalue weighted by Gasteiger charge is 2.75. The lowest BCUT2D eigenvalue weighted by atomic mass is 9.44. The summed E-state index contributed by atoms with van der Waals surface area (Å²) in [6.45, 7) is 4.53. The van der Waals surface area contributed by atoms with E-state index in [0.717, 1.165) is 0 Å². The monoisotopic (exact) mass is 527 g/mol. The van der Waals surface area contributed by atoms with E-state index in [-0.39, 0.29) is 18.1 Å². The lowest BCUT2D eigenvalue weighted by molar-refractivity contribution is -0.220. The van der Waals surface area contributed by atoms with Crippen LogP contribution >= 0.6 is 15.9 Å². The highest BCUT2D eigenvalue weighted by molar-refractivity contribution is 9.09. The molecule has 182 valence electrons. The Morgan fingerprint density at radius 1 is 1.36 bits per heavy atom. The highest BCUT2D eigenvalue weighted by atomic mass is 79.9. The van der Waals surface area contributed by atoms with Crippen LogP contribution in [-0.2, 0) is 19.1 Å². The molecule has 4 N–H and O–H groups in total. The number of ketones is 2. The fourth-order valence-electron chi connectivity index (χ4n) is 7.47. The summed E-state index contributed by atoms with van der Waals surface area (Å²) in [5, 5.41) is 23.1. The molecule has 0 saturated heterocycles. The molecule has 0 aliphatic heterocycles. The van der Waals surface area contributed by atoms with Gasteiger partial charge in [-0.2, -0.15) is 0 Å². The summed E-state index contributed by atoms with van der Waals surface area (Å²) in [5.74, 6) is -3.22. The average molecular weight is 528 g/mol. The maximum Gasteiger partial charge on any atom is 0.334 e. The zero-order chi connectivity index (χ0) is 24.6. The lowest BCUT2D eigenvalue weighted by Gasteiger charge is -2.62. The Kier molecular flexibility index (Phi) is 5.84. The van der Waals surface area contributed by atoms with Gasteiger partial charge in [0, 0.05) is 16.7 Å². The van der Waals surface area contributed by atoms with E-state index in [2.05, 4.69) is 15.9 Å². The van der Waals surface area contributed by atoms with Crippen molar-refractivity contribution in [3.63, 3.8) is 0 Å². The standard InChI is InChI=1S/C24H31BrFNO6/c1-12-8-16-15-5-4-13-9-14(28)6-7-21(13,2)23(15,26)17(29)10-22(16,3)24(12,32)18(30)11-33-20(31)19(25)27/h6-7,9,12,15-17,19,29,32H,4-5,8,10-11,27H2,1-3H3/t12-,15?,16?,17-,19?,21-,22-,23-,24-/m0/s1. The van der Waals surface area contributed by atoms with Crippen molar-refractivity contribution >= 4 is 33.5 Å². The van der Waals surface area contributed by atoms with E-state index in [1.54, 1.807) is 26.8 Å². The minimum atomic E-state index is -2.04. The molecule has 4 rings (SSSR count). The molecule has 0 heterocycles. The van der Waals surface area contributed by atoms with Gasteiger partial charge in [0.05, 0.1) is 6.10 Å². The first-order chi connectivity index (χ1) is 15.2. The molecule has 33 heavy (non-hydrogen) atoms. The van der Waals surface area contributed by atoms with Crippen LogP contribution in [0.15, 0.2) is 23.8 Å². The van der Waals surface area contributed by atoms with Crippen LogP contribution in [0, 0.1) is 28.6 Å². The van der Waals surface area contributed by atoms with Gasteiger partial charge >= 0.3 is 5.97 Å². The summed E-state index contributed by atoms with van der Waals surface area (Å²) >= 11 is 2.88. The zero-order valence-corrected chi connectivity index (χ0v) is 20.6. The van der Waals surface area contributed by atoms with Crippen LogP contribution in [0.1, 0.15) is 46.5 Å². The third-order valence-electron chi connectivity index (χ3n) is 9.22. The molecule has 4 aliphatic rings. The maximum atomic E-state index is 17.1. The van der Waals surface area contributed by atoms with Crippen LogP contribution in [0.3, 0.4) is 0 Å². The SMILES string of the molecule is C[C@H]1CC2C3CCC4=CC(=O)C=C[C@]4(C)[C@@]3(F)[C@@H](O)C[C@]2(C)[C@@]1(O)C(=O)COC(=O)C(N)Br. The Morgan fingerprint density at radius 3 is 2.67 bits per heavy atom. The minimum absolute atomic E-state index is 0.131. The van der Waals surface area contributed by atoms with Crippen molar-refractivity contribution < 1.29 is 33.7 Å². The maximum absolute atomic E-state index is 17.1. The van der Waals surface area contributed by atoms with Crippen LogP contribution < -0.4 is 5.73 Å². The number of allylic oxidation sites excluding steroid dienone is 4. The van der Waals surface area contributed by atoms with Crippen LogP contribution in [0.2, 0.25) is 0 Å². The molecule has 4 aliphatic carbocycles. The van der Waals surface area contributed by atoms with Gasteiger partial charge in [-0.3, -0.25) is 9.59 Å². The molecule has 3 unspecified atom stereocenters. The van der Waals surface area contributed by atoms with Gasteiger partial charge in [-0.1, -0.05) is 41.4 Å². The normalized spacial score (nSPS) is 47.2. The highest BCUT2D eigenvalue weighted by Crippen LogP contribution is 2.70. The predicted molar refractivity (Wildman–Crippen MR) is 121 cm³/mol. The first-order valence-electron chi connectivity index (χ1n) is 11.4. The molecule has 0 amide bonds. The number of fused-ring (bicyclic) bond motifs is 5. The fourth-order valence-corrected chi connectivity index (χ4v) is 7.60. The van der Waals surface area contributed by atoms with Crippen LogP contribution in [0.4, 0.5) is 4.39 Å². The smallest absolute Gasteiger partial charge is 0.334 e. The molecule has 0 aromatic rings. The summed E-state index contributed by atoms with van der Waals surface area (Å²) in [5.41, 5.74) is -0.105. The number of hydrogen-bond acceptors (Lipinski definition) is 7.